The lowest BCUT2D eigenvalue weighted by Crippen LogP contribution is -2.44. The molecule has 17 heavy (non-hydrogen) atoms. The second-order valence-corrected chi connectivity index (χ2v) is 5.69. The van der Waals surface area contributed by atoms with Crippen molar-refractivity contribution in [3.63, 3.8) is 0 Å². The molecule has 98 valence electrons. The normalized spacial score (nSPS) is 14.3. The largest absolute Gasteiger partial charge is 0.317 e. The molecule has 0 aliphatic carbocycles. The maximum absolute atomic E-state index is 4.20. The van der Waals surface area contributed by atoms with Gasteiger partial charge in [-0.05, 0) is 26.4 Å². The van der Waals surface area contributed by atoms with E-state index in [1.165, 1.54) is 5.56 Å². The van der Waals surface area contributed by atoms with E-state index in [1.54, 1.807) is 0 Å². The fourth-order valence-electron chi connectivity index (χ4n) is 2.14. The van der Waals surface area contributed by atoms with Crippen molar-refractivity contribution in [2.24, 2.45) is 12.5 Å². The average Bonchev–Trinajstić information content (AvgIpc) is 2.61. The zero-order valence-electron chi connectivity index (χ0n) is 12.0. The fraction of sp³-hybridized carbons (Fsp3) is 0.769. The van der Waals surface area contributed by atoms with E-state index < -0.39 is 0 Å². The highest BCUT2D eigenvalue weighted by molar-refractivity contribution is 5.03. The summed E-state index contributed by atoms with van der Waals surface area (Å²) in [5, 5.41) is 7.53. The van der Waals surface area contributed by atoms with E-state index in [-0.39, 0.29) is 5.41 Å². The monoisotopic (exact) mass is 238 g/mol. The van der Waals surface area contributed by atoms with Gasteiger partial charge in [-0.25, -0.2) is 0 Å². The summed E-state index contributed by atoms with van der Waals surface area (Å²) in [7, 11) is 6.14. The van der Waals surface area contributed by atoms with Crippen LogP contribution < -0.4 is 5.32 Å². The number of nitrogens with zero attached hydrogens (tertiary/aromatic N) is 3. The van der Waals surface area contributed by atoms with E-state index in [0.717, 1.165) is 13.1 Å². The second-order valence-electron chi connectivity index (χ2n) is 5.69. The molecule has 4 nitrogen and oxygen atoms in total. The topological polar surface area (TPSA) is 33.1 Å². The van der Waals surface area contributed by atoms with Crippen LogP contribution in [0.15, 0.2) is 12.4 Å². The molecule has 0 fully saturated rings. The van der Waals surface area contributed by atoms with Crippen LogP contribution in [-0.2, 0) is 13.6 Å². The highest BCUT2D eigenvalue weighted by Crippen LogP contribution is 2.22. The third kappa shape index (κ3) is 4.13. The number of aromatic nitrogens is 2. The first-order valence-electron chi connectivity index (χ1n) is 6.18. The Morgan fingerprint density at radius 2 is 2.18 bits per heavy atom. The van der Waals surface area contributed by atoms with Gasteiger partial charge in [-0.3, -0.25) is 4.68 Å². The molecular formula is C13H26N4. The van der Waals surface area contributed by atoms with Crippen molar-refractivity contribution in [1.29, 1.82) is 0 Å². The fourth-order valence-corrected chi connectivity index (χ4v) is 2.14. The van der Waals surface area contributed by atoms with E-state index in [0.29, 0.717) is 6.04 Å². The molecule has 0 radical (unpaired) electrons. The van der Waals surface area contributed by atoms with Gasteiger partial charge in [0.25, 0.3) is 0 Å². The van der Waals surface area contributed by atoms with Gasteiger partial charge < -0.3 is 10.2 Å². The van der Waals surface area contributed by atoms with Gasteiger partial charge in [0.1, 0.15) is 0 Å². The summed E-state index contributed by atoms with van der Waals surface area (Å²) in [6.07, 6.45) is 4.01. The van der Waals surface area contributed by atoms with E-state index in [2.05, 4.69) is 49.3 Å². The first-order valence-corrected chi connectivity index (χ1v) is 6.18. The lowest BCUT2D eigenvalue weighted by molar-refractivity contribution is 0.164. The highest BCUT2D eigenvalue weighted by atomic mass is 15.2. The van der Waals surface area contributed by atoms with Crippen molar-refractivity contribution in [3.8, 4) is 0 Å². The predicted octanol–water partition coefficient (Wildman–Crippen LogP) is 1.49. The Labute approximate surface area is 105 Å². The van der Waals surface area contributed by atoms with Crippen LogP contribution >= 0.6 is 0 Å². The van der Waals surface area contributed by atoms with Gasteiger partial charge >= 0.3 is 0 Å². The van der Waals surface area contributed by atoms with E-state index in [1.807, 2.05) is 25.0 Å². The standard InChI is InChI=1S/C13H26N4/c1-11(14-4)13(2,3)10-16(5)8-12-7-15-17(6)9-12/h7,9,11,14H,8,10H2,1-6H3. The molecule has 0 saturated heterocycles. The third-order valence-corrected chi connectivity index (χ3v) is 3.49. The molecule has 1 aromatic rings. The maximum atomic E-state index is 4.20. The molecule has 1 heterocycles. The molecule has 1 atom stereocenters. The van der Waals surface area contributed by atoms with Crippen LogP contribution in [0.3, 0.4) is 0 Å². The van der Waals surface area contributed by atoms with Crippen LogP contribution in [0.2, 0.25) is 0 Å². The molecule has 1 rings (SSSR count). The molecule has 1 aromatic heterocycles. The summed E-state index contributed by atoms with van der Waals surface area (Å²) in [6.45, 7) is 8.84. The van der Waals surface area contributed by atoms with E-state index in [4.69, 9.17) is 0 Å². The van der Waals surface area contributed by atoms with E-state index in [9.17, 15) is 0 Å². The van der Waals surface area contributed by atoms with Crippen LogP contribution in [0.1, 0.15) is 26.3 Å². The lowest BCUT2D eigenvalue weighted by Gasteiger charge is -2.35. The molecule has 0 spiro atoms. The number of hydrogen-bond acceptors (Lipinski definition) is 3. The summed E-state index contributed by atoms with van der Waals surface area (Å²) in [4.78, 5) is 2.35. The average molecular weight is 238 g/mol. The number of hydrogen-bond donors (Lipinski definition) is 1. The Morgan fingerprint density at radius 3 is 2.65 bits per heavy atom. The number of nitrogens with one attached hydrogen (secondary N) is 1. The quantitative estimate of drug-likeness (QED) is 0.815. The second kappa shape index (κ2) is 5.65. The van der Waals surface area contributed by atoms with Crippen molar-refractivity contribution >= 4 is 0 Å². The van der Waals surface area contributed by atoms with Gasteiger partial charge in [-0.15, -0.1) is 0 Å². The first kappa shape index (κ1) is 14.2. The van der Waals surface area contributed by atoms with Crippen molar-refractivity contribution in [2.45, 2.75) is 33.4 Å². The molecule has 0 aromatic carbocycles. The molecule has 0 aliphatic heterocycles. The molecule has 1 unspecified atom stereocenters. The summed E-state index contributed by atoms with van der Waals surface area (Å²) >= 11 is 0. The molecule has 0 saturated carbocycles. The molecule has 0 bridgehead atoms. The van der Waals surface area contributed by atoms with Crippen LogP contribution in [0, 0.1) is 5.41 Å². The van der Waals surface area contributed by atoms with Crippen molar-refractivity contribution < 1.29 is 0 Å². The van der Waals surface area contributed by atoms with Crippen LogP contribution in [-0.4, -0.2) is 41.4 Å². The van der Waals surface area contributed by atoms with E-state index >= 15 is 0 Å². The smallest absolute Gasteiger partial charge is 0.0534 e. The predicted molar refractivity (Wildman–Crippen MR) is 71.8 cm³/mol. The Kier molecular flexibility index (Phi) is 4.71. The maximum Gasteiger partial charge on any atom is 0.0534 e. The van der Waals surface area contributed by atoms with Crippen LogP contribution in [0.4, 0.5) is 0 Å². The Bertz CT molecular complexity index is 343. The summed E-state index contributed by atoms with van der Waals surface area (Å²) in [5.41, 5.74) is 1.52. The van der Waals surface area contributed by atoms with Gasteiger partial charge in [0, 0.05) is 37.9 Å². The summed E-state index contributed by atoms with van der Waals surface area (Å²) in [6, 6.07) is 0.499. The molecule has 1 N–H and O–H groups in total. The van der Waals surface area contributed by atoms with Crippen molar-refractivity contribution in [1.82, 2.24) is 20.0 Å². The Balaban J connectivity index is 2.51. The van der Waals surface area contributed by atoms with Crippen molar-refractivity contribution in [3.05, 3.63) is 18.0 Å². The van der Waals surface area contributed by atoms with Gasteiger partial charge in [0.15, 0.2) is 0 Å². The molecule has 0 amide bonds. The minimum Gasteiger partial charge on any atom is -0.317 e. The van der Waals surface area contributed by atoms with Crippen molar-refractivity contribution in [2.75, 3.05) is 20.6 Å². The minimum absolute atomic E-state index is 0.256. The van der Waals surface area contributed by atoms with Gasteiger partial charge in [-0.2, -0.15) is 5.10 Å². The summed E-state index contributed by atoms with van der Waals surface area (Å²) in [5.74, 6) is 0. The lowest BCUT2D eigenvalue weighted by atomic mass is 9.85. The zero-order chi connectivity index (χ0) is 13.1. The van der Waals surface area contributed by atoms with Crippen LogP contribution in [0.5, 0.6) is 0 Å². The molecule has 0 aliphatic rings. The Morgan fingerprint density at radius 1 is 1.53 bits per heavy atom. The van der Waals surface area contributed by atoms with Gasteiger partial charge in [0.05, 0.1) is 6.20 Å². The number of aryl methyl sites for hydroxylation is 1. The molecular weight excluding hydrogens is 212 g/mol. The first-order chi connectivity index (χ1) is 7.85. The third-order valence-electron chi connectivity index (χ3n) is 3.49. The zero-order valence-corrected chi connectivity index (χ0v) is 12.0. The highest BCUT2D eigenvalue weighted by Gasteiger charge is 2.26. The minimum atomic E-state index is 0.256. The van der Waals surface area contributed by atoms with Gasteiger partial charge in [-0.1, -0.05) is 13.8 Å². The summed E-state index contributed by atoms with van der Waals surface area (Å²) < 4.78 is 1.85. The SMILES string of the molecule is CNC(C)C(C)(C)CN(C)Cc1cnn(C)c1. The number of rotatable bonds is 6. The molecule has 4 heteroatoms. The van der Waals surface area contributed by atoms with Crippen LogP contribution in [0.25, 0.3) is 0 Å². The Hall–Kier alpha value is -0.870. The van der Waals surface area contributed by atoms with Gasteiger partial charge in [0.2, 0.25) is 0 Å².